The lowest BCUT2D eigenvalue weighted by Crippen LogP contribution is -2.35. The Hall–Kier alpha value is -2.71. The highest BCUT2D eigenvalue weighted by Crippen LogP contribution is 2.39. The summed E-state index contributed by atoms with van der Waals surface area (Å²) in [4.78, 5) is 20.6. The molecule has 1 fully saturated rings. The fourth-order valence-electron chi connectivity index (χ4n) is 4.22. The zero-order chi connectivity index (χ0) is 21.5. The maximum atomic E-state index is 12.0. The summed E-state index contributed by atoms with van der Waals surface area (Å²) in [6.45, 7) is -0.353. The van der Waals surface area contributed by atoms with E-state index in [-0.39, 0.29) is 12.6 Å². The highest BCUT2D eigenvalue weighted by atomic mass is 32.2. The van der Waals surface area contributed by atoms with Gasteiger partial charge in [0.2, 0.25) is 10.0 Å². The summed E-state index contributed by atoms with van der Waals surface area (Å²) in [6, 6.07) is 4.21. The molecule has 0 bridgehead atoms. The maximum absolute atomic E-state index is 12.0. The van der Waals surface area contributed by atoms with Crippen LogP contribution in [0.15, 0.2) is 17.6 Å². The minimum absolute atomic E-state index is 0.0582. The molecule has 3 aromatic rings. The Bertz CT molecular complexity index is 1250. The van der Waals surface area contributed by atoms with Crippen LogP contribution in [0.25, 0.3) is 21.3 Å². The van der Waals surface area contributed by atoms with Gasteiger partial charge >= 0.3 is 6.09 Å². The molecule has 1 amide bonds. The Balaban J connectivity index is 1.83. The molecular weight excluding hydrogens is 426 g/mol. The summed E-state index contributed by atoms with van der Waals surface area (Å²) in [5.41, 5.74) is 2.32. The smallest absolute Gasteiger partial charge is 0.421 e. The lowest BCUT2D eigenvalue weighted by Gasteiger charge is -2.30. The number of thiophene rings is 1. The molecule has 30 heavy (non-hydrogen) atoms. The molecular formula is C19H21N5O4S2. The number of nitrogens with zero attached hydrogens (tertiary/aromatic N) is 5. The van der Waals surface area contributed by atoms with Gasteiger partial charge in [-0.3, -0.25) is 4.98 Å². The SMILES string of the molecule is CS(=O)(=O)N(Cc1nc2cnc3ccsc3c2n1C1CCC(CC#N)CC1)C(=O)O. The third kappa shape index (κ3) is 3.73. The van der Waals surface area contributed by atoms with Crippen LogP contribution in [0.1, 0.15) is 44.0 Å². The number of nitriles is 1. The second-order valence-electron chi connectivity index (χ2n) is 7.61. The van der Waals surface area contributed by atoms with E-state index in [1.165, 1.54) is 11.3 Å². The van der Waals surface area contributed by atoms with Gasteiger partial charge in [0.25, 0.3) is 0 Å². The Morgan fingerprint density at radius 2 is 2.10 bits per heavy atom. The number of carboxylic acid groups (broad SMARTS) is 1. The minimum atomic E-state index is -3.96. The van der Waals surface area contributed by atoms with Crippen molar-refractivity contribution in [2.45, 2.75) is 44.7 Å². The Morgan fingerprint density at radius 1 is 1.37 bits per heavy atom. The Morgan fingerprint density at radius 3 is 2.73 bits per heavy atom. The van der Waals surface area contributed by atoms with E-state index in [4.69, 9.17) is 5.26 Å². The molecule has 3 aromatic heterocycles. The van der Waals surface area contributed by atoms with Gasteiger partial charge in [-0.25, -0.2) is 18.2 Å². The standard InChI is InChI=1S/C19H21N5O4S2/c1-30(27,28)23(19(25)26)11-16-22-15-10-21-14-7-9-29-18(14)17(15)24(16)13-4-2-12(3-5-13)6-8-20/h7,9-10,12-13H,2-6,11H2,1H3,(H,25,26). The molecule has 0 aromatic carbocycles. The fourth-order valence-corrected chi connectivity index (χ4v) is 5.75. The molecule has 0 aliphatic heterocycles. The molecule has 4 rings (SSSR count). The molecule has 11 heteroatoms. The highest BCUT2D eigenvalue weighted by Gasteiger charge is 2.30. The summed E-state index contributed by atoms with van der Waals surface area (Å²) < 4.78 is 27.5. The first kappa shape index (κ1) is 20.6. The average Bonchev–Trinajstić information content (AvgIpc) is 3.29. The topological polar surface area (TPSA) is 129 Å². The van der Waals surface area contributed by atoms with Crippen molar-refractivity contribution in [1.82, 2.24) is 18.8 Å². The number of rotatable bonds is 5. The van der Waals surface area contributed by atoms with Crippen molar-refractivity contribution in [3.8, 4) is 6.07 Å². The summed E-state index contributed by atoms with van der Waals surface area (Å²) >= 11 is 1.53. The molecule has 3 heterocycles. The number of sulfonamides is 1. The molecule has 0 atom stereocenters. The van der Waals surface area contributed by atoms with E-state index in [2.05, 4.69) is 16.0 Å². The molecule has 0 unspecified atom stereocenters. The van der Waals surface area contributed by atoms with Crippen LogP contribution < -0.4 is 0 Å². The third-order valence-electron chi connectivity index (χ3n) is 5.66. The molecule has 158 valence electrons. The van der Waals surface area contributed by atoms with E-state index in [1.54, 1.807) is 6.20 Å². The number of pyridine rings is 1. The van der Waals surface area contributed by atoms with Crippen LogP contribution in [-0.2, 0) is 16.6 Å². The predicted molar refractivity (Wildman–Crippen MR) is 113 cm³/mol. The number of amides is 1. The maximum Gasteiger partial charge on any atom is 0.421 e. The van der Waals surface area contributed by atoms with Crippen LogP contribution in [0.3, 0.4) is 0 Å². The van der Waals surface area contributed by atoms with Gasteiger partial charge in [-0.1, -0.05) is 0 Å². The van der Waals surface area contributed by atoms with Gasteiger partial charge in [0.05, 0.1) is 40.8 Å². The van der Waals surface area contributed by atoms with Crippen molar-refractivity contribution < 1.29 is 18.3 Å². The largest absolute Gasteiger partial charge is 0.464 e. The number of fused-ring (bicyclic) bond motifs is 3. The van der Waals surface area contributed by atoms with Gasteiger partial charge in [0, 0.05) is 12.5 Å². The number of imidazole rings is 1. The highest BCUT2D eigenvalue weighted by molar-refractivity contribution is 7.88. The fraction of sp³-hybridized carbons (Fsp3) is 0.474. The average molecular weight is 448 g/mol. The minimum Gasteiger partial charge on any atom is -0.464 e. The third-order valence-corrected chi connectivity index (χ3v) is 7.65. The van der Waals surface area contributed by atoms with Gasteiger partial charge in [-0.2, -0.15) is 9.57 Å². The number of hydrogen-bond acceptors (Lipinski definition) is 7. The van der Waals surface area contributed by atoms with Crippen LogP contribution in [0.2, 0.25) is 0 Å². The number of aromatic nitrogens is 3. The van der Waals surface area contributed by atoms with E-state index in [0.717, 1.165) is 47.7 Å². The van der Waals surface area contributed by atoms with Gasteiger partial charge < -0.3 is 9.67 Å². The van der Waals surface area contributed by atoms with E-state index in [9.17, 15) is 18.3 Å². The van der Waals surface area contributed by atoms with Crippen LogP contribution in [0.5, 0.6) is 0 Å². The molecule has 1 N–H and O–H groups in total. The van der Waals surface area contributed by atoms with Gasteiger partial charge in [0.1, 0.15) is 11.3 Å². The lowest BCUT2D eigenvalue weighted by molar-refractivity contribution is 0.169. The van der Waals surface area contributed by atoms with Crippen molar-refractivity contribution in [2.24, 2.45) is 5.92 Å². The van der Waals surface area contributed by atoms with Crippen molar-refractivity contribution >= 4 is 48.7 Å². The lowest BCUT2D eigenvalue weighted by atomic mass is 9.84. The van der Waals surface area contributed by atoms with Crippen molar-refractivity contribution in [3.05, 3.63) is 23.5 Å². The van der Waals surface area contributed by atoms with E-state index < -0.39 is 16.1 Å². The first-order valence-corrected chi connectivity index (χ1v) is 12.3. The second-order valence-corrected chi connectivity index (χ2v) is 10.4. The quantitative estimate of drug-likeness (QED) is 0.631. The first-order chi connectivity index (χ1) is 14.3. The molecule has 0 saturated heterocycles. The zero-order valence-electron chi connectivity index (χ0n) is 16.4. The Kier molecular flexibility index (Phi) is 5.38. The number of carbonyl (C=O) groups is 1. The van der Waals surface area contributed by atoms with E-state index in [1.807, 2.05) is 16.0 Å². The summed E-state index contributed by atoms with van der Waals surface area (Å²) in [5.74, 6) is 0.753. The van der Waals surface area contributed by atoms with Gasteiger partial charge in [-0.05, 0) is 43.0 Å². The van der Waals surface area contributed by atoms with Crippen LogP contribution in [0, 0.1) is 17.2 Å². The molecule has 1 aliphatic rings. The summed E-state index contributed by atoms with van der Waals surface area (Å²) in [6.07, 6.45) is 4.96. The summed E-state index contributed by atoms with van der Waals surface area (Å²) in [5, 5.41) is 20.4. The van der Waals surface area contributed by atoms with Crippen LogP contribution >= 0.6 is 11.3 Å². The monoisotopic (exact) mass is 447 g/mol. The number of hydrogen-bond donors (Lipinski definition) is 1. The normalized spacial score (nSPS) is 19.7. The molecule has 0 radical (unpaired) electrons. The van der Waals surface area contributed by atoms with E-state index in [0.29, 0.717) is 28.0 Å². The van der Waals surface area contributed by atoms with Crippen molar-refractivity contribution in [2.75, 3.05) is 6.26 Å². The van der Waals surface area contributed by atoms with E-state index >= 15 is 0 Å². The molecule has 1 aliphatic carbocycles. The summed E-state index contributed by atoms with van der Waals surface area (Å²) in [7, 11) is -3.96. The molecule has 0 spiro atoms. The Labute approximate surface area is 177 Å². The van der Waals surface area contributed by atoms with Gasteiger partial charge in [-0.15, -0.1) is 11.3 Å². The molecule has 1 saturated carbocycles. The van der Waals surface area contributed by atoms with Crippen molar-refractivity contribution in [1.29, 1.82) is 5.26 Å². The second kappa shape index (κ2) is 7.85. The first-order valence-electron chi connectivity index (χ1n) is 9.60. The predicted octanol–water partition coefficient (Wildman–Crippen LogP) is 3.73. The van der Waals surface area contributed by atoms with Gasteiger partial charge in [0.15, 0.2) is 0 Å². The van der Waals surface area contributed by atoms with Crippen LogP contribution in [0.4, 0.5) is 4.79 Å². The molecule has 9 nitrogen and oxygen atoms in total. The van der Waals surface area contributed by atoms with Crippen LogP contribution in [-0.4, -0.2) is 44.7 Å². The van der Waals surface area contributed by atoms with Crippen molar-refractivity contribution in [3.63, 3.8) is 0 Å². The zero-order valence-corrected chi connectivity index (χ0v) is 18.0.